The second-order valence-corrected chi connectivity index (χ2v) is 4.56. The van der Waals surface area contributed by atoms with Crippen LogP contribution in [0.3, 0.4) is 0 Å². The molecule has 0 aliphatic carbocycles. The third-order valence-corrected chi connectivity index (χ3v) is 2.87. The molecule has 0 radical (unpaired) electrons. The molecule has 0 amide bonds. The number of halogens is 1. The molecule has 5 nitrogen and oxygen atoms in total. The summed E-state index contributed by atoms with van der Waals surface area (Å²) in [6, 6.07) is 6.66. The van der Waals surface area contributed by atoms with Crippen molar-refractivity contribution in [3.63, 3.8) is 0 Å². The highest BCUT2D eigenvalue weighted by atomic mass is 35.5. The van der Waals surface area contributed by atoms with Gasteiger partial charge in [0.1, 0.15) is 11.3 Å². The number of aryl methyl sites for hydroxylation is 1. The van der Waals surface area contributed by atoms with Gasteiger partial charge >= 0.3 is 5.97 Å². The molecule has 2 aromatic rings. The molecule has 0 atom stereocenters. The molecule has 0 bridgehead atoms. The molecular formula is C14H13ClN2O3. The maximum Gasteiger partial charge on any atom is 0.343 e. The molecule has 20 heavy (non-hydrogen) atoms. The molecule has 6 heteroatoms. The molecule has 1 aromatic heterocycles. The number of esters is 1. The summed E-state index contributed by atoms with van der Waals surface area (Å²) in [6.07, 6.45) is 1.40. The van der Waals surface area contributed by atoms with Crippen LogP contribution >= 0.6 is 11.6 Å². The lowest BCUT2D eigenvalue weighted by Crippen LogP contribution is -2.06. The lowest BCUT2D eigenvalue weighted by molar-refractivity contribution is 0.0597. The van der Waals surface area contributed by atoms with Crippen molar-refractivity contribution in [2.45, 2.75) is 6.92 Å². The van der Waals surface area contributed by atoms with E-state index in [1.165, 1.54) is 19.4 Å². The van der Waals surface area contributed by atoms with Crippen LogP contribution in [-0.4, -0.2) is 18.1 Å². The largest absolute Gasteiger partial charge is 0.465 e. The molecule has 0 spiro atoms. The van der Waals surface area contributed by atoms with E-state index < -0.39 is 5.97 Å². The third kappa shape index (κ3) is 3.00. The number of methoxy groups -OCH3 is 1. The number of hydrogen-bond acceptors (Lipinski definition) is 5. The van der Waals surface area contributed by atoms with Crippen LogP contribution in [-0.2, 0) is 4.74 Å². The van der Waals surface area contributed by atoms with Gasteiger partial charge in [-0.05, 0) is 30.7 Å². The Morgan fingerprint density at radius 1 is 1.35 bits per heavy atom. The van der Waals surface area contributed by atoms with Gasteiger partial charge < -0.3 is 15.2 Å². The van der Waals surface area contributed by atoms with E-state index in [1.54, 1.807) is 12.1 Å². The van der Waals surface area contributed by atoms with E-state index in [9.17, 15) is 4.79 Å². The van der Waals surface area contributed by atoms with Crippen molar-refractivity contribution in [3.8, 4) is 11.6 Å². The highest BCUT2D eigenvalue weighted by Gasteiger charge is 2.16. The molecule has 104 valence electrons. The number of rotatable bonds is 3. The standard InChI is InChI=1S/C14H13ClN2O3/c1-8-3-4-9(15)5-12(8)20-13-11(14(18)19-2)6-10(16)7-17-13/h3-7H,16H2,1-2H3. The van der Waals surface area contributed by atoms with E-state index in [0.717, 1.165) is 5.56 Å². The Morgan fingerprint density at radius 2 is 2.10 bits per heavy atom. The molecule has 1 aromatic carbocycles. The maximum absolute atomic E-state index is 11.7. The molecular weight excluding hydrogens is 280 g/mol. The number of nitrogen functional groups attached to an aromatic ring is 1. The van der Waals surface area contributed by atoms with Gasteiger partial charge in [-0.3, -0.25) is 0 Å². The first-order chi connectivity index (χ1) is 9.51. The quantitative estimate of drug-likeness (QED) is 0.879. The minimum atomic E-state index is -0.570. The molecule has 0 fully saturated rings. The van der Waals surface area contributed by atoms with E-state index in [0.29, 0.717) is 16.5 Å². The molecule has 0 aliphatic heterocycles. The Bertz CT molecular complexity index is 659. The smallest absolute Gasteiger partial charge is 0.343 e. The molecule has 1 heterocycles. The van der Waals surface area contributed by atoms with Crippen LogP contribution in [0.1, 0.15) is 15.9 Å². The number of benzene rings is 1. The van der Waals surface area contributed by atoms with Crippen molar-refractivity contribution in [1.82, 2.24) is 4.98 Å². The zero-order chi connectivity index (χ0) is 14.7. The van der Waals surface area contributed by atoms with Gasteiger partial charge in [0, 0.05) is 5.02 Å². The zero-order valence-corrected chi connectivity index (χ0v) is 11.8. The summed E-state index contributed by atoms with van der Waals surface area (Å²) in [5.41, 5.74) is 6.99. The highest BCUT2D eigenvalue weighted by Crippen LogP contribution is 2.29. The fraction of sp³-hybridized carbons (Fsp3) is 0.143. The van der Waals surface area contributed by atoms with Crippen molar-refractivity contribution >= 4 is 23.3 Å². The van der Waals surface area contributed by atoms with Gasteiger partial charge in [-0.25, -0.2) is 9.78 Å². The number of anilines is 1. The van der Waals surface area contributed by atoms with Crippen molar-refractivity contribution in [3.05, 3.63) is 46.6 Å². The average Bonchev–Trinajstić information content (AvgIpc) is 2.43. The summed E-state index contributed by atoms with van der Waals surface area (Å²) < 4.78 is 10.3. The predicted octanol–water partition coefficient (Wildman–Crippen LogP) is 3.20. The summed E-state index contributed by atoms with van der Waals surface area (Å²) in [7, 11) is 1.28. The van der Waals surface area contributed by atoms with Gasteiger partial charge in [0.15, 0.2) is 0 Å². The fourth-order valence-electron chi connectivity index (χ4n) is 1.59. The van der Waals surface area contributed by atoms with Crippen molar-refractivity contribution in [2.75, 3.05) is 12.8 Å². The number of pyridine rings is 1. The van der Waals surface area contributed by atoms with Crippen LogP contribution < -0.4 is 10.5 Å². The van der Waals surface area contributed by atoms with Gasteiger partial charge in [0.2, 0.25) is 5.88 Å². The maximum atomic E-state index is 11.7. The Morgan fingerprint density at radius 3 is 2.80 bits per heavy atom. The molecule has 0 saturated heterocycles. The van der Waals surface area contributed by atoms with Crippen molar-refractivity contribution in [1.29, 1.82) is 0 Å². The minimum absolute atomic E-state index is 0.122. The average molecular weight is 293 g/mol. The first kappa shape index (κ1) is 14.1. The summed E-state index contributed by atoms with van der Waals surface area (Å²) >= 11 is 5.93. The van der Waals surface area contributed by atoms with Crippen LogP contribution in [0.15, 0.2) is 30.5 Å². The van der Waals surface area contributed by atoms with E-state index in [-0.39, 0.29) is 11.4 Å². The van der Waals surface area contributed by atoms with Crippen LogP contribution in [0.5, 0.6) is 11.6 Å². The highest BCUT2D eigenvalue weighted by molar-refractivity contribution is 6.30. The SMILES string of the molecule is COC(=O)c1cc(N)cnc1Oc1cc(Cl)ccc1C. The third-order valence-electron chi connectivity index (χ3n) is 2.63. The van der Waals surface area contributed by atoms with E-state index >= 15 is 0 Å². The van der Waals surface area contributed by atoms with E-state index in [4.69, 9.17) is 22.1 Å². The number of ether oxygens (including phenoxy) is 2. The van der Waals surface area contributed by atoms with Gasteiger partial charge in [-0.2, -0.15) is 0 Å². The Hall–Kier alpha value is -2.27. The number of nitrogens with zero attached hydrogens (tertiary/aromatic N) is 1. The first-order valence-corrected chi connectivity index (χ1v) is 6.17. The second kappa shape index (κ2) is 5.79. The summed E-state index contributed by atoms with van der Waals surface area (Å²) in [4.78, 5) is 15.7. The van der Waals surface area contributed by atoms with Gasteiger partial charge in [-0.15, -0.1) is 0 Å². The number of nitrogens with two attached hydrogens (primary N) is 1. The van der Waals surface area contributed by atoms with Crippen LogP contribution in [0.2, 0.25) is 5.02 Å². The molecule has 0 unspecified atom stereocenters. The fourth-order valence-corrected chi connectivity index (χ4v) is 1.76. The van der Waals surface area contributed by atoms with Crippen molar-refractivity contribution < 1.29 is 14.3 Å². The van der Waals surface area contributed by atoms with Crippen molar-refractivity contribution in [2.24, 2.45) is 0 Å². The van der Waals surface area contributed by atoms with Gasteiger partial charge in [-0.1, -0.05) is 17.7 Å². The number of hydrogen-bond donors (Lipinski definition) is 1. The normalized spacial score (nSPS) is 10.2. The van der Waals surface area contributed by atoms with Crippen LogP contribution in [0.4, 0.5) is 5.69 Å². The van der Waals surface area contributed by atoms with Crippen LogP contribution in [0, 0.1) is 6.92 Å². The lowest BCUT2D eigenvalue weighted by atomic mass is 10.2. The Balaban J connectivity index is 2.43. The molecule has 2 N–H and O–H groups in total. The van der Waals surface area contributed by atoms with Gasteiger partial charge in [0.05, 0.1) is 19.0 Å². The Kier molecular flexibility index (Phi) is 4.10. The lowest BCUT2D eigenvalue weighted by Gasteiger charge is -2.11. The zero-order valence-electron chi connectivity index (χ0n) is 11.0. The second-order valence-electron chi connectivity index (χ2n) is 4.12. The number of aromatic nitrogens is 1. The topological polar surface area (TPSA) is 74.4 Å². The Labute approximate surface area is 121 Å². The summed E-state index contributed by atoms with van der Waals surface area (Å²) in [6.45, 7) is 1.86. The van der Waals surface area contributed by atoms with Gasteiger partial charge in [0.25, 0.3) is 0 Å². The number of carbonyl (C=O) groups is 1. The molecule has 2 rings (SSSR count). The minimum Gasteiger partial charge on any atom is -0.465 e. The first-order valence-electron chi connectivity index (χ1n) is 5.79. The monoisotopic (exact) mass is 292 g/mol. The molecule has 0 saturated carbocycles. The van der Waals surface area contributed by atoms with E-state index in [2.05, 4.69) is 9.72 Å². The summed E-state index contributed by atoms with van der Waals surface area (Å²) in [5.74, 6) is 0.0656. The summed E-state index contributed by atoms with van der Waals surface area (Å²) in [5, 5.41) is 0.528. The van der Waals surface area contributed by atoms with Crippen LogP contribution in [0.25, 0.3) is 0 Å². The molecule has 0 aliphatic rings. The predicted molar refractivity (Wildman–Crippen MR) is 76.3 cm³/mol. The number of carbonyl (C=O) groups excluding carboxylic acids is 1. The van der Waals surface area contributed by atoms with E-state index in [1.807, 2.05) is 13.0 Å².